The number of rotatable bonds is 3. The molecule has 55 heavy (non-hydrogen) atoms. The molecule has 0 bridgehead atoms. The van der Waals surface area contributed by atoms with Gasteiger partial charge in [0, 0.05) is 32.7 Å². The molecule has 8 aromatic carbocycles. The Morgan fingerprint density at radius 1 is 0.436 bits per heavy atom. The SMILES string of the molecule is CC(C)(C)c1ccc2c3ccc(C(C)(C)C)cc3c3nc(-c4cccc(-c5cccc(-c6cccc7c6oc6cc8ccccc8cc67)c5)c4)cnc3c2c1. The summed E-state index contributed by atoms with van der Waals surface area (Å²) >= 11 is 0. The van der Waals surface area contributed by atoms with Gasteiger partial charge in [-0.25, -0.2) is 4.98 Å². The lowest BCUT2D eigenvalue weighted by molar-refractivity contribution is 0.591. The van der Waals surface area contributed by atoms with Crippen LogP contribution in [0.25, 0.3) is 98.8 Å². The number of nitrogens with zero attached hydrogens (tertiary/aromatic N) is 2. The van der Waals surface area contributed by atoms with E-state index in [4.69, 9.17) is 14.4 Å². The quantitative estimate of drug-likeness (QED) is 0.171. The van der Waals surface area contributed by atoms with E-state index in [0.717, 1.165) is 77.3 Å². The Hall–Kier alpha value is -6.32. The van der Waals surface area contributed by atoms with Crippen LogP contribution in [0.4, 0.5) is 0 Å². The molecule has 0 amide bonds. The highest BCUT2D eigenvalue weighted by atomic mass is 16.3. The highest BCUT2D eigenvalue weighted by Crippen LogP contribution is 2.41. The second-order valence-corrected chi connectivity index (χ2v) is 17.1. The van der Waals surface area contributed by atoms with Gasteiger partial charge in [0.05, 0.1) is 22.9 Å². The molecule has 0 spiro atoms. The molecule has 0 saturated heterocycles. The van der Waals surface area contributed by atoms with E-state index in [-0.39, 0.29) is 10.8 Å². The van der Waals surface area contributed by atoms with Crippen LogP contribution in [0.3, 0.4) is 0 Å². The van der Waals surface area contributed by atoms with Crippen molar-refractivity contribution in [3.63, 3.8) is 0 Å². The summed E-state index contributed by atoms with van der Waals surface area (Å²) in [7, 11) is 0. The number of hydrogen-bond donors (Lipinski definition) is 0. The summed E-state index contributed by atoms with van der Waals surface area (Å²) in [6.07, 6.45) is 1.95. The molecular formula is C52H42N2O. The molecule has 3 nitrogen and oxygen atoms in total. The van der Waals surface area contributed by atoms with Gasteiger partial charge in [-0.15, -0.1) is 0 Å². The Kier molecular flexibility index (Phi) is 7.32. The lowest BCUT2D eigenvalue weighted by Gasteiger charge is -2.22. The maximum absolute atomic E-state index is 6.59. The number of furan rings is 1. The molecule has 0 aliphatic heterocycles. The monoisotopic (exact) mass is 710 g/mol. The molecule has 0 atom stereocenters. The molecule has 2 heterocycles. The fourth-order valence-corrected chi connectivity index (χ4v) is 8.23. The Morgan fingerprint density at radius 3 is 1.69 bits per heavy atom. The zero-order valence-electron chi connectivity index (χ0n) is 32.2. The molecule has 0 fully saturated rings. The molecule has 3 heteroatoms. The van der Waals surface area contributed by atoms with Gasteiger partial charge in [0.15, 0.2) is 0 Å². The van der Waals surface area contributed by atoms with Crippen LogP contribution in [-0.2, 0) is 10.8 Å². The fourth-order valence-electron chi connectivity index (χ4n) is 8.23. The minimum atomic E-state index is 0.00403. The topological polar surface area (TPSA) is 38.9 Å². The predicted molar refractivity (Wildman–Crippen MR) is 233 cm³/mol. The zero-order chi connectivity index (χ0) is 37.6. The van der Waals surface area contributed by atoms with Crippen LogP contribution in [-0.4, -0.2) is 9.97 Å². The van der Waals surface area contributed by atoms with Crippen molar-refractivity contribution in [1.29, 1.82) is 0 Å². The van der Waals surface area contributed by atoms with Crippen molar-refractivity contribution >= 4 is 65.3 Å². The average Bonchev–Trinajstić information content (AvgIpc) is 3.56. The van der Waals surface area contributed by atoms with E-state index < -0.39 is 0 Å². The van der Waals surface area contributed by atoms with Crippen LogP contribution in [0.1, 0.15) is 52.7 Å². The van der Waals surface area contributed by atoms with Gasteiger partial charge in [-0.1, -0.05) is 145 Å². The summed E-state index contributed by atoms with van der Waals surface area (Å²) in [6.45, 7) is 13.6. The van der Waals surface area contributed by atoms with Gasteiger partial charge in [0.2, 0.25) is 0 Å². The van der Waals surface area contributed by atoms with E-state index in [1.54, 1.807) is 0 Å². The van der Waals surface area contributed by atoms with Gasteiger partial charge in [0.25, 0.3) is 0 Å². The highest BCUT2D eigenvalue weighted by Gasteiger charge is 2.21. The molecule has 10 aromatic rings. The van der Waals surface area contributed by atoms with Crippen molar-refractivity contribution in [2.75, 3.05) is 0 Å². The van der Waals surface area contributed by atoms with Crippen molar-refractivity contribution in [3.8, 4) is 33.5 Å². The van der Waals surface area contributed by atoms with Gasteiger partial charge < -0.3 is 4.42 Å². The normalized spacial score (nSPS) is 12.5. The first-order valence-electron chi connectivity index (χ1n) is 19.2. The second-order valence-electron chi connectivity index (χ2n) is 17.1. The molecule has 266 valence electrons. The van der Waals surface area contributed by atoms with Crippen molar-refractivity contribution in [2.24, 2.45) is 0 Å². The van der Waals surface area contributed by atoms with Crippen LogP contribution >= 0.6 is 0 Å². The highest BCUT2D eigenvalue weighted by molar-refractivity contribution is 6.23. The fraction of sp³-hybridized carbons (Fsp3) is 0.154. The third kappa shape index (κ3) is 5.57. The lowest BCUT2D eigenvalue weighted by atomic mass is 9.83. The molecule has 0 aliphatic rings. The minimum Gasteiger partial charge on any atom is -0.455 e. The van der Waals surface area contributed by atoms with Crippen molar-refractivity contribution < 1.29 is 4.42 Å². The first-order chi connectivity index (χ1) is 26.5. The van der Waals surface area contributed by atoms with E-state index >= 15 is 0 Å². The average molecular weight is 711 g/mol. The van der Waals surface area contributed by atoms with Crippen LogP contribution in [0.2, 0.25) is 0 Å². The van der Waals surface area contributed by atoms with E-state index in [1.165, 1.54) is 32.7 Å². The summed E-state index contributed by atoms with van der Waals surface area (Å²) in [5, 5.41) is 9.38. The van der Waals surface area contributed by atoms with Gasteiger partial charge in [-0.2, -0.15) is 0 Å². The summed E-state index contributed by atoms with van der Waals surface area (Å²) in [5.74, 6) is 0. The molecule has 0 unspecified atom stereocenters. The standard InChI is InChI=1S/C52H42N2O/c1-51(2,3)37-20-22-40-41-23-21-38(52(4,5)6)29-45(41)49-48(44(40)28-37)53-30-46(54-49)36-17-10-15-32(25-36)31-14-9-16-35(24-31)39-18-11-19-42-43-26-33-12-7-8-13-34(33)27-47(43)55-50(39)42/h7-30H,1-6H3. The van der Waals surface area contributed by atoms with Crippen LogP contribution in [0.15, 0.2) is 150 Å². The summed E-state index contributed by atoms with van der Waals surface area (Å²) in [6, 6.07) is 50.5. The van der Waals surface area contributed by atoms with Crippen molar-refractivity contribution in [1.82, 2.24) is 9.97 Å². The molecule has 0 aliphatic carbocycles. The molecule has 0 N–H and O–H groups in total. The molecule has 0 saturated carbocycles. The molecular weight excluding hydrogens is 669 g/mol. The van der Waals surface area contributed by atoms with Crippen LogP contribution in [0, 0.1) is 0 Å². The van der Waals surface area contributed by atoms with Gasteiger partial charge in [-0.3, -0.25) is 4.98 Å². The van der Waals surface area contributed by atoms with Crippen molar-refractivity contribution in [2.45, 2.75) is 52.4 Å². The maximum atomic E-state index is 6.59. The molecule has 2 aromatic heterocycles. The Bertz CT molecular complexity index is 3170. The predicted octanol–water partition coefficient (Wildman–Crippen LogP) is 14.6. The minimum absolute atomic E-state index is 0.00403. The van der Waals surface area contributed by atoms with E-state index in [0.29, 0.717) is 0 Å². The van der Waals surface area contributed by atoms with E-state index in [9.17, 15) is 0 Å². The Balaban J connectivity index is 1.10. The zero-order valence-corrected chi connectivity index (χ0v) is 32.2. The largest absolute Gasteiger partial charge is 0.455 e. The maximum Gasteiger partial charge on any atom is 0.143 e. The summed E-state index contributed by atoms with van der Waals surface area (Å²) < 4.78 is 6.59. The van der Waals surface area contributed by atoms with Crippen molar-refractivity contribution in [3.05, 3.63) is 157 Å². The number of benzene rings is 8. The summed E-state index contributed by atoms with van der Waals surface area (Å²) in [4.78, 5) is 10.6. The van der Waals surface area contributed by atoms with Crippen LogP contribution < -0.4 is 0 Å². The van der Waals surface area contributed by atoms with E-state index in [1.807, 2.05) is 6.20 Å². The van der Waals surface area contributed by atoms with Gasteiger partial charge >= 0.3 is 0 Å². The van der Waals surface area contributed by atoms with Gasteiger partial charge in [-0.05, 0) is 96.6 Å². The molecule has 0 radical (unpaired) electrons. The summed E-state index contributed by atoms with van der Waals surface area (Å²) in [5.41, 5.74) is 12.7. The Labute approximate surface area is 321 Å². The number of aromatic nitrogens is 2. The number of para-hydroxylation sites is 1. The lowest BCUT2D eigenvalue weighted by Crippen LogP contribution is -2.11. The smallest absolute Gasteiger partial charge is 0.143 e. The van der Waals surface area contributed by atoms with Gasteiger partial charge in [0.1, 0.15) is 11.2 Å². The number of hydrogen-bond acceptors (Lipinski definition) is 3. The third-order valence-corrected chi connectivity index (χ3v) is 11.4. The first-order valence-corrected chi connectivity index (χ1v) is 19.2. The third-order valence-electron chi connectivity index (χ3n) is 11.4. The van der Waals surface area contributed by atoms with E-state index in [2.05, 4.69) is 181 Å². The van der Waals surface area contributed by atoms with Crippen LogP contribution in [0.5, 0.6) is 0 Å². The second kappa shape index (κ2) is 12.1. The number of fused-ring (bicyclic) bond motifs is 10. The first kappa shape index (κ1) is 33.3. The Morgan fingerprint density at radius 2 is 1.02 bits per heavy atom. The molecule has 10 rings (SSSR count).